The summed E-state index contributed by atoms with van der Waals surface area (Å²) in [6, 6.07) is 14.3. The quantitative estimate of drug-likeness (QED) is 0.577. The predicted octanol–water partition coefficient (Wildman–Crippen LogP) is 4.31. The normalized spacial score (nSPS) is 13.8. The summed E-state index contributed by atoms with van der Waals surface area (Å²) in [6.45, 7) is 8.78. The van der Waals surface area contributed by atoms with Crippen LogP contribution in [0.5, 0.6) is 11.5 Å². The van der Waals surface area contributed by atoms with Crippen molar-refractivity contribution in [1.82, 2.24) is 0 Å². The molecule has 2 N–H and O–H groups in total. The molecule has 2 aromatic carbocycles. The van der Waals surface area contributed by atoms with Crippen molar-refractivity contribution >= 4 is 11.6 Å². The van der Waals surface area contributed by atoms with Crippen LogP contribution in [-0.4, -0.2) is 42.0 Å². The van der Waals surface area contributed by atoms with Gasteiger partial charge in [0, 0.05) is 17.2 Å². The molecule has 2 rings (SSSR count). The molecule has 0 aliphatic carbocycles. The molecule has 28 heavy (non-hydrogen) atoms. The van der Waals surface area contributed by atoms with Crippen LogP contribution in [0.15, 0.2) is 42.5 Å². The number of rotatable bonds is 10. The van der Waals surface area contributed by atoms with Gasteiger partial charge in [0.2, 0.25) is 0 Å². The Labute approximate surface area is 173 Å². The Bertz CT molecular complexity index is 743. The van der Waals surface area contributed by atoms with E-state index in [1.165, 1.54) is 11.1 Å². The smallest absolute Gasteiger partial charge is 0.122 e. The largest absolute Gasteiger partial charge is 0.493 e. The van der Waals surface area contributed by atoms with Crippen LogP contribution >= 0.6 is 11.6 Å². The van der Waals surface area contributed by atoms with Gasteiger partial charge in [0.15, 0.2) is 0 Å². The molecule has 0 amide bonds. The Morgan fingerprint density at radius 2 is 1.64 bits per heavy atom. The first kappa shape index (κ1) is 22.5. The Kier molecular flexibility index (Phi) is 8.17. The van der Waals surface area contributed by atoms with Crippen LogP contribution in [0.4, 0.5) is 0 Å². The van der Waals surface area contributed by atoms with Crippen LogP contribution in [-0.2, 0) is 5.41 Å². The number of aliphatic hydroxyl groups excluding tert-OH is 2. The van der Waals surface area contributed by atoms with Gasteiger partial charge in [-0.25, -0.2) is 0 Å². The van der Waals surface area contributed by atoms with E-state index >= 15 is 0 Å². The highest BCUT2D eigenvalue weighted by Gasteiger charge is 2.24. The third kappa shape index (κ3) is 5.87. The summed E-state index contributed by atoms with van der Waals surface area (Å²) >= 11 is 5.83. The van der Waals surface area contributed by atoms with E-state index in [0.717, 1.165) is 11.3 Å². The Balaban J connectivity index is 2.11. The Morgan fingerprint density at radius 3 is 2.21 bits per heavy atom. The molecule has 154 valence electrons. The Morgan fingerprint density at radius 1 is 1.00 bits per heavy atom. The van der Waals surface area contributed by atoms with E-state index in [0.29, 0.717) is 24.2 Å². The molecule has 4 nitrogen and oxygen atoms in total. The maximum atomic E-state index is 9.46. The monoisotopic (exact) mass is 406 g/mol. The topological polar surface area (TPSA) is 58.9 Å². The number of halogens is 1. The van der Waals surface area contributed by atoms with E-state index in [1.807, 2.05) is 31.2 Å². The number of aliphatic hydroxyl groups is 2. The Hall–Kier alpha value is -1.75. The summed E-state index contributed by atoms with van der Waals surface area (Å²) in [5.41, 5.74) is 3.17. The molecular weight excluding hydrogens is 376 g/mol. The molecule has 0 aliphatic heterocycles. The number of benzene rings is 2. The highest BCUT2D eigenvalue weighted by molar-refractivity contribution is 6.18. The van der Waals surface area contributed by atoms with Crippen LogP contribution < -0.4 is 9.47 Å². The fourth-order valence-corrected chi connectivity index (χ4v) is 2.95. The van der Waals surface area contributed by atoms with Gasteiger partial charge in [-0.2, -0.15) is 0 Å². The zero-order chi connectivity index (χ0) is 20.7. The zero-order valence-corrected chi connectivity index (χ0v) is 17.9. The number of alkyl halides is 1. The van der Waals surface area contributed by atoms with E-state index in [1.54, 1.807) is 0 Å². The average Bonchev–Trinajstić information content (AvgIpc) is 2.70. The summed E-state index contributed by atoms with van der Waals surface area (Å²) in [5.74, 6) is 2.46. The van der Waals surface area contributed by atoms with Crippen LogP contribution in [0.25, 0.3) is 0 Å². The molecule has 0 aromatic heterocycles. The third-order valence-corrected chi connectivity index (χ3v) is 5.44. The minimum atomic E-state index is -0.872. The summed E-state index contributed by atoms with van der Waals surface area (Å²) in [4.78, 5) is 0. The highest BCUT2D eigenvalue weighted by atomic mass is 35.5. The summed E-state index contributed by atoms with van der Waals surface area (Å²) < 4.78 is 11.4. The lowest BCUT2D eigenvalue weighted by atomic mass is 9.77. The average molecular weight is 407 g/mol. The second-order valence-electron chi connectivity index (χ2n) is 7.85. The first-order valence-electron chi connectivity index (χ1n) is 9.60. The fraction of sp³-hybridized carbons (Fsp3) is 0.478. The van der Waals surface area contributed by atoms with E-state index in [9.17, 15) is 5.11 Å². The number of aryl methyl sites for hydroxylation is 1. The van der Waals surface area contributed by atoms with Crippen molar-refractivity contribution in [3.63, 3.8) is 0 Å². The van der Waals surface area contributed by atoms with Crippen molar-refractivity contribution in [2.75, 3.05) is 25.7 Å². The predicted molar refractivity (Wildman–Crippen MR) is 114 cm³/mol. The fourth-order valence-electron chi connectivity index (χ4n) is 2.86. The van der Waals surface area contributed by atoms with Gasteiger partial charge < -0.3 is 19.7 Å². The SMILES string of the molecule is Cc1cc(C(C)(C)c2ccc(OC[C@H](C)CCl)cc2)ccc1OC[C@@H](O)CO. The minimum Gasteiger partial charge on any atom is -0.493 e. The maximum absolute atomic E-state index is 9.46. The lowest BCUT2D eigenvalue weighted by Gasteiger charge is -2.27. The van der Waals surface area contributed by atoms with Gasteiger partial charge in [0.05, 0.1) is 13.2 Å². The summed E-state index contributed by atoms with van der Waals surface area (Å²) in [6.07, 6.45) is -0.872. The molecule has 0 radical (unpaired) electrons. The van der Waals surface area contributed by atoms with Crippen molar-refractivity contribution in [1.29, 1.82) is 0 Å². The molecule has 0 heterocycles. The molecule has 2 atom stereocenters. The van der Waals surface area contributed by atoms with Gasteiger partial charge in [-0.05, 0) is 41.8 Å². The van der Waals surface area contributed by atoms with Gasteiger partial charge in [-0.1, -0.05) is 45.0 Å². The molecule has 0 spiro atoms. The standard InChI is InChI=1S/C23H31ClO4/c1-16(12-24)14-27-21-8-5-18(6-9-21)23(3,4)19-7-10-22(17(2)11-19)28-15-20(26)13-25/h5-11,16,20,25-26H,12-15H2,1-4H3/t16-,20+/m1/s1. The first-order chi connectivity index (χ1) is 13.3. The minimum absolute atomic E-state index is 0.0733. The number of hydrogen-bond donors (Lipinski definition) is 2. The van der Waals surface area contributed by atoms with E-state index in [4.69, 9.17) is 26.2 Å². The zero-order valence-electron chi connectivity index (χ0n) is 17.1. The van der Waals surface area contributed by atoms with Gasteiger partial charge in [0.1, 0.15) is 24.2 Å². The number of ether oxygens (including phenoxy) is 2. The van der Waals surface area contributed by atoms with Gasteiger partial charge >= 0.3 is 0 Å². The van der Waals surface area contributed by atoms with E-state index < -0.39 is 6.10 Å². The summed E-state index contributed by atoms with van der Waals surface area (Å²) in [7, 11) is 0. The van der Waals surface area contributed by atoms with Crippen molar-refractivity contribution in [2.45, 2.75) is 39.2 Å². The van der Waals surface area contributed by atoms with E-state index in [2.05, 4.69) is 39.0 Å². The molecule has 0 fully saturated rings. The number of hydrogen-bond acceptors (Lipinski definition) is 4. The van der Waals surface area contributed by atoms with Crippen molar-refractivity contribution in [3.8, 4) is 11.5 Å². The maximum Gasteiger partial charge on any atom is 0.122 e. The molecule has 0 bridgehead atoms. The van der Waals surface area contributed by atoms with Crippen molar-refractivity contribution in [2.24, 2.45) is 5.92 Å². The van der Waals surface area contributed by atoms with Crippen molar-refractivity contribution < 1.29 is 19.7 Å². The molecule has 0 saturated carbocycles. The summed E-state index contributed by atoms with van der Waals surface area (Å²) in [5, 5.41) is 18.4. The van der Waals surface area contributed by atoms with E-state index in [-0.39, 0.29) is 18.6 Å². The lowest BCUT2D eigenvalue weighted by Crippen LogP contribution is -2.22. The highest BCUT2D eigenvalue weighted by Crippen LogP contribution is 2.34. The van der Waals surface area contributed by atoms with Gasteiger partial charge in [-0.15, -0.1) is 11.6 Å². The van der Waals surface area contributed by atoms with Gasteiger partial charge in [-0.3, -0.25) is 0 Å². The molecule has 5 heteroatoms. The molecular formula is C23H31ClO4. The molecule has 2 aromatic rings. The lowest BCUT2D eigenvalue weighted by molar-refractivity contribution is 0.0534. The second kappa shape index (κ2) is 10.1. The molecule has 0 aliphatic rings. The third-order valence-electron chi connectivity index (χ3n) is 4.91. The second-order valence-corrected chi connectivity index (χ2v) is 8.16. The van der Waals surface area contributed by atoms with Crippen LogP contribution in [0, 0.1) is 12.8 Å². The molecule has 0 unspecified atom stereocenters. The first-order valence-corrected chi connectivity index (χ1v) is 10.1. The van der Waals surface area contributed by atoms with Gasteiger partial charge in [0.25, 0.3) is 0 Å². The molecule has 0 saturated heterocycles. The van der Waals surface area contributed by atoms with Crippen LogP contribution in [0.3, 0.4) is 0 Å². The van der Waals surface area contributed by atoms with Crippen LogP contribution in [0.2, 0.25) is 0 Å². The van der Waals surface area contributed by atoms with Crippen molar-refractivity contribution in [3.05, 3.63) is 59.2 Å². The van der Waals surface area contributed by atoms with Crippen LogP contribution in [0.1, 0.15) is 37.5 Å².